The lowest BCUT2D eigenvalue weighted by molar-refractivity contribution is -0.145. The Labute approximate surface area is 95.6 Å². The minimum Gasteiger partial charge on any atom is -0.480 e. The highest BCUT2D eigenvalue weighted by molar-refractivity contribution is 5.85. The molecule has 1 aliphatic rings. The summed E-state index contributed by atoms with van der Waals surface area (Å²) in [6.07, 6.45) is 0.780. The van der Waals surface area contributed by atoms with Gasteiger partial charge in [-0.15, -0.1) is 0 Å². The van der Waals surface area contributed by atoms with Gasteiger partial charge in [0.25, 0.3) is 0 Å². The molecule has 0 bridgehead atoms. The van der Waals surface area contributed by atoms with E-state index in [0.717, 1.165) is 13.0 Å². The molecular weight excluding hydrogens is 208 g/mol. The van der Waals surface area contributed by atoms with Crippen LogP contribution in [0.25, 0.3) is 0 Å². The summed E-state index contributed by atoms with van der Waals surface area (Å²) in [5.74, 6) is -1.23. The van der Waals surface area contributed by atoms with Crippen LogP contribution in [-0.4, -0.2) is 36.1 Å². The van der Waals surface area contributed by atoms with Crippen LogP contribution in [0.5, 0.6) is 0 Å². The maximum absolute atomic E-state index is 11.8. The van der Waals surface area contributed by atoms with Crippen LogP contribution in [0.2, 0.25) is 0 Å². The first kappa shape index (κ1) is 13.0. The molecular formula is C11H20N2O3. The van der Waals surface area contributed by atoms with Gasteiger partial charge < -0.3 is 15.7 Å². The number of hydrogen-bond donors (Lipinski definition) is 3. The summed E-state index contributed by atoms with van der Waals surface area (Å²) in [5.41, 5.74) is -0.479. The molecule has 16 heavy (non-hydrogen) atoms. The zero-order valence-corrected chi connectivity index (χ0v) is 10.0. The smallest absolute Gasteiger partial charge is 0.326 e. The third-order valence-electron chi connectivity index (χ3n) is 2.83. The van der Waals surface area contributed by atoms with E-state index in [1.807, 2.05) is 0 Å². The Bertz CT molecular complexity index is 277. The largest absolute Gasteiger partial charge is 0.480 e. The molecule has 1 rings (SSSR count). The van der Waals surface area contributed by atoms with Gasteiger partial charge in [-0.25, -0.2) is 4.79 Å². The molecule has 1 heterocycles. The predicted octanol–water partition coefficient (Wildman–Crippen LogP) is 0.211. The first-order valence-corrected chi connectivity index (χ1v) is 5.56. The summed E-state index contributed by atoms with van der Waals surface area (Å²) in [6.45, 7) is 6.88. The molecule has 0 saturated carbocycles. The Kier molecular flexibility index (Phi) is 3.91. The molecule has 5 heteroatoms. The molecule has 1 saturated heterocycles. The predicted molar refractivity (Wildman–Crippen MR) is 60.0 cm³/mol. The van der Waals surface area contributed by atoms with Crippen LogP contribution < -0.4 is 10.6 Å². The second-order valence-corrected chi connectivity index (χ2v) is 5.34. The minimum absolute atomic E-state index is 0.0933. The Morgan fingerprint density at radius 3 is 2.44 bits per heavy atom. The molecule has 0 aromatic rings. The zero-order valence-electron chi connectivity index (χ0n) is 10.0. The summed E-state index contributed by atoms with van der Waals surface area (Å²) in [5, 5.41) is 14.8. The Morgan fingerprint density at radius 2 is 2.06 bits per heavy atom. The van der Waals surface area contributed by atoms with Crippen LogP contribution in [0.4, 0.5) is 0 Å². The van der Waals surface area contributed by atoms with Gasteiger partial charge in [0.2, 0.25) is 5.91 Å². The first-order chi connectivity index (χ1) is 7.32. The van der Waals surface area contributed by atoms with Gasteiger partial charge in [0, 0.05) is 6.54 Å². The number of carbonyl (C=O) groups is 2. The molecule has 1 fully saturated rings. The van der Waals surface area contributed by atoms with E-state index >= 15 is 0 Å². The van der Waals surface area contributed by atoms with E-state index in [-0.39, 0.29) is 11.8 Å². The molecule has 1 unspecified atom stereocenters. The third kappa shape index (κ3) is 3.20. The fourth-order valence-electron chi connectivity index (χ4n) is 1.79. The Hall–Kier alpha value is -1.10. The van der Waals surface area contributed by atoms with Crippen molar-refractivity contribution in [1.29, 1.82) is 0 Å². The fraction of sp³-hybridized carbons (Fsp3) is 0.818. The monoisotopic (exact) mass is 228 g/mol. The summed E-state index contributed by atoms with van der Waals surface area (Å²) < 4.78 is 0. The molecule has 1 aliphatic heterocycles. The van der Waals surface area contributed by atoms with E-state index < -0.39 is 17.4 Å². The highest BCUT2D eigenvalue weighted by Crippen LogP contribution is 2.20. The molecule has 1 amide bonds. The van der Waals surface area contributed by atoms with Gasteiger partial charge in [0.15, 0.2) is 0 Å². The van der Waals surface area contributed by atoms with Gasteiger partial charge in [-0.1, -0.05) is 20.8 Å². The van der Waals surface area contributed by atoms with Crippen molar-refractivity contribution in [3.05, 3.63) is 0 Å². The van der Waals surface area contributed by atoms with E-state index in [4.69, 9.17) is 5.11 Å². The molecule has 0 aromatic carbocycles. The van der Waals surface area contributed by atoms with E-state index in [0.29, 0.717) is 6.54 Å². The second kappa shape index (κ2) is 4.82. The first-order valence-electron chi connectivity index (χ1n) is 5.56. The Balaban J connectivity index is 2.61. The van der Waals surface area contributed by atoms with Gasteiger partial charge in [0.1, 0.15) is 6.04 Å². The van der Waals surface area contributed by atoms with Crippen LogP contribution in [0, 0.1) is 11.3 Å². The SMILES string of the molecule is CC(C)(C)[C@@H](NC(=O)C1CCNC1)C(=O)O. The van der Waals surface area contributed by atoms with Crippen LogP contribution >= 0.6 is 0 Å². The van der Waals surface area contributed by atoms with Gasteiger partial charge in [-0.3, -0.25) is 4.79 Å². The maximum atomic E-state index is 11.8. The lowest BCUT2D eigenvalue weighted by Crippen LogP contribution is -2.51. The zero-order chi connectivity index (χ0) is 12.3. The highest BCUT2D eigenvalue weighted by Gasteiger charge is 2.34. The maximum Gasteiger partial charge on any atom is 0.326 e. The molecule has 3 N–H and O–H groups in total. The second-order valence-electron chi connectivity index (χ2n) is 5.34. The number of carboxylic acids is 1. The lowest BCUT2D eigenvalue weighted by atomic mass is 9.86. The van der Waals surface area contributed by atoms with Crippen molar-refractivity contribution in [3.63, 3.8) is 0 Å². The van der Waals surface area contributed by atoms with Crippen molar-refractivity contribution >= 4 is 11.9 Å². The van der Waals surface area contributed by atoms with Crippen molar-refractivity contribution in [2.24, 2.45) is 11.3 Å². The number of nitrogens with one attached hydrogen (secondary N) is 2. The Morgan fingerprint density at radius 1 is 1.44 bits per heavy atom. The molecule has 92 valence electrons. The van der Waals surface area contributed by atoms with E-state index in [9.17, 15) is 9.59 Å². The van der Waals surface area contributed by atoms with Crippen LogP contribution in [-0.2, 0) is 9.59 Å². The molecule has 0 spiro atoms. The summed E-state index contributed by atoms with van der Waals surface area (Å²) >= 11 is 0. The molecule has 0 aromatic heterocycles. The van der Waals surface area contributed by atoms with Gasteiger partial charge >= 0.3 is 5.97 Å². The molecule has 2 atom stereocenters. The quantitative estimate of drug-likeness (QED) is 0.645. The van der Waals surface area contributed by atoms with Crippen molar-refractivity contribution in [2.45, 2.75) is 33.2 Å². The summed E-state index contributed by atoms with van der Waals surface area (Å²) in [7, 11) is 0. The average molecular weight is 228 g/mol. The lowest BCUT2D eigenvalue weighted by Gasteiger charge is -2.28. The molecule has 0 aliphatic carbocycles. The van der Waals surface area contributed by atoms with Crippen LogP contribution in [0.3, 0.4) is 0 Å². The highest BCUT2D eigenvalue weighted by atomic mass is 16.4. The number of rotatable bonds is 3. The van der Waals surface area contributed by atoms with Gasteiger partial charge in [0.05, 0.1) is 5.92 Å². The van der Waals surface area contributed by atoms with Gasteiger partial charge in [-0.05, 0) is 18.4 Å². The van der Waals surface area contributed by atoms with Crippen LogP contribution in [0.15, 0.2) is 0 Å². The van der Waals surface area contributed by atoms with Gasteiger partial charge in [-0.2, -0.15) is 0 Å². The number of carbonyl (C=O) groups excluding carboxylic acids is 1. The van der Waals surface area contributed by atoms with Crippen LogP contribution in [0.1, 0.15) is 27.2 Å². The van der Waals surface area contributed by atoms with Crippen molar-refractivity contribution in [2.75, 3.05) is 13.1 Å². The van der Waals surface area contributed by atoms with Crippen molar-refractivity contribution in [3.8, 4) is 0 Å². The van der Waals surface area contributed by atoms with Crippen molar-refractivity contribution in [1.82, 2.24) is 10.6 Å². The number of amides is 1. The fourth-order valence-corrected chi connectivity index (χ4v) is 1.79. The summed E-state index contributed by atoms with van der Waals surface area (Å²) in [4.78, 5) is 22.9. The average Bonchev–Trinajstić information content (AvgIpc) is 2.63. The van der Waals surface area contributed by atoms with E-state index in [1.54, 1.807) is 20.8 Å². The summed E-state index contributed by atoms with van der Waals surface area (Å²) in [6, 6.07) is -0.833. The van der Waals surface area contributed by atoms with E-state index in [1.165, 1.54) is 0 Å². The third-order valence-corrected chi connectivity index (χ3v) is 2.83. The van der Waals surface area contributed by atoms with Crippen molar-refractivity contribution < 1.29 is 14.7 Å². The number of carboxylic acid groups (broad SMARTS) is 1. The minimum atomic E-state index is -0.980. The van der Waals surface area contributed by atoms with E-state index in [2.05, 4.69) is 10.6 Å². The number of hydrogen-bond acceptors (Lipinski definition) is 3. The molecule has 5 nitrogen and oxygen atoms in total. The normalized spacial score (nSPS) is 22.8. The number of aliphatic carboxylic acids is 1. The molecule has 0 radical (unpaired) electrons. The standard InChI is InChI=1S/C11H20N2O3/c1-11(2,3)8(10(15)16)13-9(14)7-4-5-12-6-7/h7-8,12H,4-6H2,1-3H3,(H,13,14)(H,15,16)/t7?,8-/m0/s1. The topological polar surface area (TPSA) is 78.4 Å².